The summed E-state index contributed by atoms with van der Waals surface area (Å²) in [7, 11) is 2.03. The molecule has 6 rings (SSSR count). The van der Waals surface area contributed by atoms with Gasteiger partial charge >= 0.3 is 0 Å². The summed E-state index contributed by atoms with van der Waals surface area (Å²) < 4.78 is 27.3. The van der Waals surface area contributed by atoms with E-state index >= 15 is 0 Å². The molecule has 1 aromatic carbocycles. The molecule has 7 nitrogen and oxygen atoms in total. The molecule has 0 atom stereocenters. The highest BCUT2D eigenvalue weighted by molar-refractivity contribution is 5.96. The number of aromatic nitrogens is 4. The van der Waals surface area contributed by atoms with Gasteiger partial charge in [-0.3, -0.25) is 20.0 Å². The number of fused-ring (bicyclic) bond motifs is 1. The Kier molecular flexibility index (Phi) is 6.38. The van der Waals surface area contributed by atoms with Crippen LogP contribution in [0.3, 0.4) is 0 Å². The molecule has 4 heterocycles. The Bertz CT molecular complexity index is 1560. The van der Waals surface area contributed by atoms with Crippen LogP contribution in [0.1, 0.15) is 30.5 Å². The van der Waals surface area contributed by atoms with Gasteiger partial charge in [0.1, 0.15) is 5.69 Å². The monoisotopic (exact) mass is 527 g/mol. The Morgan fingerprint density at radius 2 is 1.97 bits per heavy atom. The number of rotatable bonds is 9. The fraction of sp³-hybridized carbons (Fsp3) is 0.300. The molecule has 2 N–H and O–H groups in total. The van der Waals surface area contributed by atoms with Gasteiger partial charge in [0.15, 0.2) is 0 Å². The van der Waals surface area contributed by atoms with Gasteiger partial charge in [0.25, 0.3) is 5.92 Å². The third-order valence-corrected chi connectivity index (χ3v) is 7.56. The average molecular weight is 528 g/mol. The molecule has 2 fully saturated rings. The third-order valence-electron chi connectivity index (χ3n) is 7.56. The number of pyridine rings is 2. The maximum Gasteiger partial charge on any atom is 0.261 e. The minimum atomic E-state index is -2.61. The van der Waals surface area contributed by atoms with Crippen molar-refractivity contribution >= 4 is 28.0 Å². The lowest BCUT2D eigenvalue weighted by Crippen LogP contribution is -2.24. The standard InChI is InChI=1S/C30H31F2N7/c1-19(35-27-16-33-10-8-28(27)38(3)20(2)22-4-5-22)29-25-13-23(6-7-26(25)36-37-29)24-12-21(14-34-15-24)17-39-11-9-30(31,32)18-39/h6-8,10,12-16,22,35H,1-2,4-5,9,11,17-18H2,3H3,(H,36,37). The van der Waals surface area contributed by atoms with E-state index in [9.17, 15) is 8.78 Å². The summed E-state index contributed by atoms with van der Waals surface area (Å²) in [6.45, 7) is 9.19. The molecule has 200 valence electrons. The number of nitrogens with one attached hydrogen (secondary N) is 2. The van der Waals surface area contributed by atoms with Gasteiger partial charge in [0, 0.05) is 61.8 Å². The molecule has 0 bridgehead atoms. The lowest BCUT2D eigenvalue weighted by atomic mass is 10.0. The Hall–Kier alpha value is -4.11. The Morgan fingerprint density at radius 1 is 1.13 bits per heavy atom. The van der Waals surface area contributed by atoms with E-state index in [0.29, 0.717) is 30.4 Å². The first-order chi connectivity index (χ1) is 18.8. The molecular weight excluding hydrogens is 496 g/mol. The summed E-state index contributed by atoms with van der Waals surface area (Å²) in [6, 6.07) is 10.0. The highest BCUT2D eigenvalue weighted by atomic mass is 19.3. The van der Waals surface area contributed by atoms with Crippen molar-refractivity contribution in [2.75, 3.05) is 30.4 Å². The molecule has 39 heavy (non-hydrogen) atoms. The molecule has 1 saturated heterocycles. The zero-order valence-corrected chi connectivity index (χ0v) is 21.9. The van der Waals surface area contributed by atoms with Crippen molar-refractivity contribution in [3.63, 3.8) is 0 Å². The smallest absolute Gasteiger partial charge is 0.261 e. The minimum Gasteiger partial charge on any atom is -0.351 e. The molecule has 1 aliphatic carbocycles. The number of likely N-dealkylation sites (tertiary alicyclic amines) is 1. The minimum absolute atomic E-state index is 0.0932. The number of benzene rings is 1. The van der Waals surface area contributed by atoms with Crippen LogP contribution in [0.15, 0.2) is 74.0 Å². The first-order valence-corrected chi connectivity index (χ1v) is 13.1. The zero-order valence-electron chi connectivity index (χ0n) is 21.9. The first kappa shape index (κ1) is 25.2. The lowest BCUT2D eigenvalue weighted by molar-refractivity contribution is 0.0115. The largest absolute Gasteiger partial charge is 0.351 e. The molecule has 0 spiro atoms. The number of H-pyrrole nitrogens is 1. The van der Waals surface area contributed by atoms with Gasteiger partial charge in [-0.15, -0.1) is 0 Å². The van der Waals surface area contributed by atoms with Crippen molar-refractivity contribution in [1.82, 2.24) is 25.1 Å². The molecule has 0 radical (unpaired) electrons. The normalized spacial score (nSPS) is 16.9. The number of alkyl halides is 2. The zero-order chi connectivity index (χ0) is 27.1. The van der Waals surface area contributed by atoms with Gasteiger partial charge in [-0.2, -0.15) is 5.10 Å². The molecule has 0 unspecified atom stereocenters. The second-order valence-corrected chi connectivity index (χ2v) is 10.6. The van der Waals surface area contributed by atoms with Gasteiger partial charge in [-0.25, -0.2) is 8.78 Å². The molecular formula is C30H31F2N7. The Balaban J connectivity index is 1.24. The molecule has 0 amide bonds. The summed E-state index contributed by atoms with van der Waals surface area (Å²) in [6.07, 6.45) is 9.35. The Labute approximate surface area is 226 Å². The predicted octanol–water partition coefficient (Wildman–Crippen LogP) is 6.30. The quantitative estimate of drug-likeness (QED) is 0.266. The van der Waals surface area contributed by atoms with Crippen molar-refractivity contribution in [2.24, 2.45) is 5.92 Å². The SMILES string of the molecule is C=C(Nc1cnccc1N(C)C(=C)C1CC1)c1n[nH]c2ccc(-c3cncc(CN4CCC(F)(F)C4)c3)cc12. The van der Waals surface area contributed by atoms with Crippen LogP contribution in [0.5, 0.6) is 0 Å². The van der Waals surface area contributed by atoms with Crippen molar-refractivity contribution in [2.45, 2.75) is 31.7 Å². The van der Waals surface area contributed by atoms with Crippen LogP contribution >= 0.6 is 0 Å². The summed E-state index contributed by atoms with van der Waals surface area (Å²) in [5.41, 5.74) is 7.90. The fourth-order valence-corrected chi connectivity index (χ4v) is 5.20. The average Bonchev–Trinajstić information content (AvgIpc) is 3.60. The number of allylic oxidation sites excluding steroid dienone is 1. The van der Waals surface area contributed by atoms with Gasteiger partial charge in [-0.05, 0) is 54.2 Å². The summed E-state index contributed by atoms with van der Waals surface area (Å²) in [5.74, 6) is -2.07. The van der Waals surface area contributed by atoms with Crippen LogP contribution < -0.4 is 10.2 Å². The van der Waals surface area contributed by atoms with E-state index in [1.165, 1.54) is 12.8 Å². The van der Waals surface area contributed by atoms with Crippen molar-refractivity contribution < 1.29 is 8.78 Å². The van der Waals surface area contributed by atoms with Crippen molar-refractivity contribution in [3.05, 3.63) is 85.2 Å². The van der Waals surface area contributed by atoms with E-state index in [-0.39, 0.29) is 13.0 Å². The number of aromatic amines is 1. The number of hydrogen-bond acceptors (Lipinski definition) is 6. The van der Waals surface area contributed by atoms with E-state index in [0.717, 1.165) is 44.7 Å². The van der Waals surface area contributed by atoms with Gasteiger partial charge < -0.3 is 10.2 Å². The number of halogens is 2. The van der Waals surface area contributed by atoms with Crippen LogP contribution in [0.25, 0.3) is 27.7 Å². The highest BCUT2D eigenvalue weighted by Crippen LogP contribution is 2.40. The molecule has 3 aromatic heterocycles. The number of nitrogens with zero attached hydrogens (tertiary/aromatic N) is 5. The second kappa shape index (κ2) is 9.89. The maximum atomic E-state index is 13.6. The van der Waals surface area contributed by atoms with Crippen LogP contribution in [-0.2, 0) is 6.54 Å². The second-order valence-electron chi connectivity index (χ2n) is 10.6. The molecule has 1 aliphatic heterocycles. The highest BCUT2D eigenvalue weighted by Gasteiger charge is 2.38. The molecule has 4 aromatic rings. The van der Waals surface area contributed by atoms with Crippen LogP contribution in [-0.4, -0.2) is 51.1 Å². The third kappa shape index (κ3) is 5.27. The van der Waals surface area contributed by atoms with E-state index < -0.39 is 5.92 Å². The predicted molar refractivity (Wildman–Crippen MR) is 151 cm³/mol. The fourth-order valence-electron chi connectivity index (χ4n) is 5.20. The number of anilines is 2. The van der Waals surface area contributed by atoms with Crippen LogP contribution in [0, 0.1) is 5.92 Å². The number of hydrogen-bond donors (Lipinski definition) is 2. The Morgan fingerprint density at radius 3 is 2.74 bits per heavy atom. The summed E-state index contributed by atoms with van der Waals surface area (Å²) in [4.78, 5) is 12.6. The van der Waals surface area contributed by atoms with Gasteiger partial charge in [-0.1, -0.05) is 19.2 Å². The first-order valence-electron chi connectivity index (χ1n) is 13.1. The van der Waals surface area contributed by atoms with E-state index in [1.807, 2.05) is 31.3 Å². The van der Waals surface area contributed by atoms with E-state index in [1.54, 1.807) is 29.7 Å². The summed E-state index contributed by atoms with van der Waals surface area (Å²) >= 11 is 0. The molecule has 1 saturated carbocycles. The van der Waals surface area contributed by atoms with Crippen molar-refractivity contribution in [3.8, 4) is 11.1 Å². The molecule has 9 heteroatoms. The van der Waals surface area contributed by atoms with E-state index in [4.69, 9.17) is 0 Å². The van der Waals surface area contributed by atoms with Gasteiger partial charge in [0.2, 0.25) is 0 Å². The van der Waals surface area contributed by atoms with Gasteiger partial charge in [0.05, 0.1) is 35.3 Å². The topological polar surface area (TPSA) is 73.0 Å². The molecule has 2 aliphatic rings. The maximum absolute atomic E-state index is 13.6. The lowest BCUT2D eigenvalue weighted by Gasteiger charge is -2.24. The van der Waals surface area contributed by atoms with Crippen molar-refractivity contribution in [1.29, 1.82) is 0 Å². The summed E-state index contributed by atoms with van der Waals surface area (Å²) in [5, 5.41) is 12.0. The van der Waals surface area contributed by atoms with Crippen LogP contribution in [0.2, 0.25) is 0 Å². The van der Waals surface area contributed by atoms with E-state index in [2.05, 4.69) is 49.6 Å². The van der Waals surface area contributed by atoms with Crippen LogP contribution in [0.4, 0.5) is 20.2 Å².